The summed E-state index contributed by atoms with van der Waals surface area (Å²) >= 11 is 5.90. The zero-order chi connectivity index (χ0) is 17.3. The molecule has 2 aromatic carbocycles. The van der Waals surface area contributed by atoms with Crippen molar-refractivity contribution in [1.29, 1.82) is 0 Å². The average molecular weight is 365 g/mol. The number of ketones is 1. The first-order valence-corrected chi connectivity index (χ1v) is 8.99. The Morgan fingerprint density at radius 1 is 1.29 bits per heavy atom. The molecule has 0 aromatic heterocycles. The Balaban J connectivity index is 1.96. The molecule has 1 aliphatic heterocycles. The summed E-state index contributed by atoms with van der Waals surface area (Å²) in [6.45, 7) is 0. The zero-order valence-corrected chi connectivity index (χ0v) is 14.2. The van der Waals surface area contributed by atoms with Crippen LogP contribution in [0.5, 0.6) is 11.5 Å². The highest BCUT2D eigenvalue weighted by molar-refractivity contribution is 7.91. The summed E-state index contributed by atoms with van der Waals surface area (Å²) in [6.07, 6.45) is 3.00. The van der Waals surface area contributed by atoms with Crippen molar-refractivity contribution in [1.82, 2.24) is 0 Å². The van der Waals surface area contributed by atoms with Crippen LogP contribution in [0.15, 0.2) is 47.4 Å². The molecule has 5 nitrogen and oxygen atoms in total. The van der Waals surface area contributed by atoms with E-state index in [1.807, 2.05) is 6.07 Å². The number of hydrogen-bond donors (Lipinski definition) is 0. The minimum absolute atomic E-state index is 0.0368. The normalized spacial score (nSPS) is 15.1. The van der Waals surface area contributed by atoms with Crippen LogP contribution < -0.4 is 9.47 Å². The largest absolute Gasteiger partial charge is 0.496 e. The van der Waals surface area contributed by atoms with E-state index in [1.54, 1.807) is 24.3 Å². The van der Waals surface area contributed by atoms with Gasteiger partial charge in [-0.25, -0.2) is 8.42 Å². The van der Waals surface area contributed by atoms with Crippen molar-refractivity contribution in [2.24, 2.45) is 0 Å². The quantitative estimate of drug-likeness (QED) is 0.614. The molecule has 124 valence electrons. The van der Waals surface area contributed by atoms with Crippen LogP contribution in [0, 0.1) is 0 Å². The molecule has 0 unspecified atom stereocenters. The van der Waals surface area contributed by atoms with Gasteiger partial charge in [-0.2, -0.15) is 0 Å². The van der Waals surface area contributed by atoms with Crippen LogP contribution >= 0.6 is 11.6 Å². The second-order valence-electron chi connectivity index (χ2n) is 5.13. The van der Waals surface area contributed by atoms with E-state index in [9.17, 15) is 13.2 Å². The maximum absolute atomic E-state index is 12.4. The summed E-state index contributed by atoms with van der Waals surface area (Å²) in [7, 11) is -2.11. The maximum Gasteiger partial charge on any atom is 0.217 e. The molecule has 0 bridgehead atoms. The van der Waals surface area contributed by atoms with Gasteiger partial charge in [0.05, 0.1) is 12.7 Å². The molecule has 0 fully saturated rings. The van der Waals surface area contributed by atoms with Crippen LogP contribution in [0.2, 0.25) is 5.02 Å². The number of hydrogen-bond acceptors (Lipinski definition) is 5. The van der Waals surface area contributed by atoms with Gasteiger partial charge < -0.3 is 9.47 Å². The molecule has 0 aliphatic carbocycles. The van der Waals surface area contributed by atoms with Gasteiger partial charge in [0.1, 0.15) is 16.4 Å². The number of carbonyl (C=O) groups excluding carboxylic acids is 1. The first-order chi connectivity index (χ1) is 11.4. The van der Waals surface area contributed by atoms with E-state index >= 15 is 0 Å². The molecule has 0 radical (unpaired) electrons. The van der Waals surface area contributed by atoms with Crippen LogP contribution in [0.4, 0.5) is 0 Å². The van der Waals surface area contributed by atoms with Gasteiger partial charge >= 0.3 is 0 Å². The SMILES string of the molecule is COc1cc2c(cc1C(=O)/C=C/c1cccc(Cl)c1)OCS2(=O)=O. The Morgan fingerprint density at radius 3 is 2.79 bits per heavy atom. The first-order valence-electron chi connectivity index (χ1n) is 6.96. The topological polar surface area (TPSA) is 69.7 Å². The Bertz CT molecular complexity index is 947. The van der Waals surface area contributed by atoms with Gasteiger partial charge in [0.2, 0.25) is 9.84 Å². The summed E-state index contributed by atoms with van der Waals surface area (Å²) in [5.41, 5.74) is 1.00. The van der Waals surface area contributed by atoms with Crippen molar-refractivity contribution in [3.8, 4) is 11.5 Å². The summed E-state index contributed by atoms with van der Waals surface area (Å²) < 4.78 is 34.0. The second kappa shape index (κ2) is 6.30. The Hall–Kier alpha value is -2.31. The molecule has 0 spiro atoms. The standard InChI is InChI=1S/C17H13ClO5S/c1-22-15-9-17-16(23-10-24(17,20)21)8-13(15)14(19)6-5-11-3-2-4-12(18)7-11/h2-9H,10H2,1H3/b6-5+. The molecule has 3 rings (SSSR count). The second-order valence-corrected chi connectivity index (χ2v) is 7.47. The van der Waals surface area contributed by atoms with Crippen LogP contribution in [0.1, 0.15) is 15.9 Å². The third-order valence-electron chi connectivity index (χ3n) is 3.51. The Morgan fingerprint density at radius 2 is 2.08 bits per heavy atom. The molecule has 2 aromatic rings. The van der Waals surface area contributed by atoms with Crippen molar-refractivity contribution in [2.45, 2.75) is 4.90 Å². The summed E-state index contributed by atoms with van der Waals surface area (Å²) in [5.74, 6) is -0.414. The third-order valence-corrected chi connectivity index (χ3v) is 5.16. The third kappa shape index (κ3) is 3.16. The predicted molar refractivity (Wildman–Crippen MR) is 90.5 cm³/mol. The van der Waals surface area contributed by atoms with Crippen molar-refractivity contribution in [2.75, 3.05) is 13.0 Å². The Labute approximate surface area is 144 Å². The van der Waals surface area contributed by atoms with Gasteiger partial charge in [-0.15, -0.1) is 0 Å². The van der Waals surface area contributed by atoms with Gasteiger partial charge in [-0.1, -0.05) is 29.8 Å². The molecule has 24 heavy (non-hydrogen) atoms. The fourth-order valence-electron chi connectivity index (χ4n) is 2.34. The van der Waals surface area contributed by atoms with Crippen LogP contribution in [0.3, 0.4) is 0 Å². The van der Waals surface area contributed by atoms with Crippen molar-refractivity contribution < 1.29 is 22.7 Å². The van der Waals surface area contributed by atoms with Gasteiger partial charge in [-0.05, 0) is 29.8 Å². The minimum atomic E-state index is -3.49. The zero-order valence-electron chi connectivity index (χ0n) is 12.7. The number of ether oxygens (including phenoxy) is 2. The predicted octanol–water partition coefficient (Wildman–Crippen LogP) is 3.37. The minimum Gasteiger partial charge on any atom is -0.496 e. The maximum atomic E-state index is 12.4. The molecular weight excluding hydrogens is 352 g/mol. The summed E-state index contributed by atoms with van der Waals surface area (Å²) in [6, 6.07) is 9.76. The molecule has 1 aliphatic rings. The highest BCUT2D eigenvalue weighted by Crippen LogP contribution is 2.37. The number of methoxy groups -OCH3 is 1. The number of halogens is 1. The monoisotopic (exact) mass is 364 g/mol. The van der Waals surface area contributed by atoms with E-state index in [0.29, 0.717) is 5.02 Å². The van der Waals surface area contributed by atoms with E-state index in [4.69, 9.17) is 21.1 Å². The van der Waals surface area contributed by atoms with E-state index in [-0.39, 0.29) is 27.7 Å². The number of carbonyl (C=O) groups is 1. The Kier molecular flexibility index (Phi) is 4.34. The lowest BCUT2D eigenvalue weighted by Gasteiger charge is -2.07. The molecule has 0 atom stereocenters. The van der Waals surface area contributed by atoms with Gasteiger partial charge in [0, 0.05) is 11.1 Å². The average Bonchev–Trinajstić information content (AvgIpc) is 2.86. The molecule has 0 saturated heterocycles. The molecule has 0 N–H and O–H groups in total. The van der Waals surface area contributed by atoms with E-state index in [2.05, 4.69) is 0 Å². The molecular formula is C17H13ClO5S. The van der Waals surface area contributed by atoms with Crippen molar-refractivity contribution in [3.63, 3.8) is 0 Å². The lowest BCUT2D eigenvalue weighted by molar-refractivity contribution is 0.104. The lowest BCUT2D eigenvalue weighted by atomic mass is 10.1. The molecule has 7 heteroatoms. The fourth-order valence-corrected chi connectivity index (χ4v) is 3.65. The molecule has 0 saturated carbocycles. The highest BCUT2D eigenvalue weighted by Gasteiger charge is 2.30. The summed E-state index contributed by atoms with van der Waals surface area (Å²) in [5, 5.41) is 0.568. The van der Waals surface area contributed by atoms with Crippen LogP contribution in [-0.2, 0) is 9.84 Å². The fraction of sp³-hybridized carbons (Fsp3) is 0.118. The van der Waals surface area contributed by atoms with Gasteiger partial charge in [0.25, 0.3) is 0 Å². The lowest BCUT2D eigenvalue weighted by Crippen LogP contribution is -2.02. The number of sulfone groups is 1. The van der Waals surface area contributed by atoms with Crippen molar-refractivity contribution in [3.05, 3.63) is 58.6 Å². The van der Waals surface area contributed by atoms with E-state index in [0.717, 1.165) is 5.56 Å². The number of rotatable bonds is 4. The van der Waals surface area contributed by atoms with Gasteiger partial charge in [0.15, 0.2) is 11.7 Å². The van der Waals surface area contributed by atoms with Gasteiger partial charge in [-0.3, -0.25) is 4.79 Å². The van der Waals surface area contributed by atoms with E-state index < -0.39 is 15.8 Å². The summed E-state index contributed by atoms with van der Waals surface area (Å²) in [4.78, 5) is 12.5. The highest BCUT2D eigenvalue weighted by atomic mass is 35.5. The number of allylic oxidation sites excluding steroid dienone is 1. The number of fused-ring (bicyclic) bond motifs is 1. The van der Waals surface area contributed by atoms with Crippen molar-refractivity contribution >= 4 is 33.3 Å². The van der Waals surface area contributed by atoms with E-state index in [1.165, 1.54) is 25.3 Å². The van der Waals surface area contributed by atoms with Crippen LogP contribution in [-0.4, -0.2) is 27.2 Å². The molecule has 1 heterocycles. The molecule has 0 amide bonds. The number of benzene rings is 2. The smallest absolute Gasteiger partial charge is 0.217 e. The van der Waals surface area contributed by atoms with Crippen LogP contribution in [0.25, 0.3) is 6.08 Å². The first kappa shape index (κ1) is 16.5.